The number of halogens is 1. The number of nitrogens with one attached hydrogen (secondary N) is 1. The fourth-order valence-electron chi connectivity index (χ4n) is 4.27. The molecule has 7 heteroatoms. The molecule has 5 rings (SSSR count). The first-order valence-corrected chi connectivity index (χ1v) is 11.4. The molecule has 0 spiro atoms. The van der Waals surface area contributed by atoms with Gasteiger partial charge in [-0.1, -0.05) is 59.6 Å². The SMILES string of the molecule is Cc1ccc(N2C(=O)C(Cl)=C(Nc3cccc(C(=O)N4CCc5ccccc5C4)c3)C2=O)cc1. The van der Waals surface area contributed by atoms with Crippen LogP contribution in [-0.2, 0) is 22.6 Å². The van der Waals surface area contributed by atoms with Crippen LogP contribution in [0, 0.1) is 6.92 Å². The second-order valence-electron chi connectivity index (χ2n) is 8.42. The molecule has 0 saturated carbocycles. The molecule has 0 atom stereocenters. The lowest BCUT2D eigenvalue weighted by molar-refractivity contribution is -0.120. The number of carbonyl (C=O) groups is 3. The molecule has 0 aromatic heterocycles. The third-order valence-corrected chi connectivity index (χ3v) is 6.47. The average molecular weight is 472 g/mol. The summed E-state index contributed by atoms with van der Waals surface area (Å²) in [5, 5.41) is 2.78. The van der Waals surface area contributed by atoms with Crippen LogP contribution in [-0.4, -0.2) is 29.2 Å². The van der Waals surface area contributed by atoms with E-state index >= 15 is 0 Å². The minimum atomic E-state index is -0.586. The maximum Gasteiger partial charge on any atom is 0.283 e. The molecule has 34 heavy (non-hydrogen) atoms. The molecule has 0 unspecified atom stereocenters. The van der Waals surface area contributed by atoms with E-state index in [1.54, 1.807) is 36.4 Å². The van der Waals surface area contributed by atoms with Crippen molar-refractivity contribution < 1.29 is 14.4 Å². The third kappa shape index (κ3) is 3.97. The van der Waals surface area contributed by atoms with Gasteiger partial charge in [0.1, 0.15) is 10.7 Å². The molecule has 0 aliphatic carbocycles. The summed E-state index contributed by atoms with van der Waals surface area (Å²) in [6.45, 7) is 3.12. The van der Waals surface area contributed by atoms with Gasteiger partial charge < -0.3 is 10.2 Å². The Morgan fingerprint density at radius 1 is 0.912 bits per heavy atom. The van der Waals surface area contributed by atoms with Gasteiger partial charge in [0.2, 0.25) is 0 Å². The topological polar surface area (TPSA) is 69.7 Å². The predicted octanol–water partition coefficient (Wildman–Crippen LogP) is 4.63. The summed E-state index contributed by atoms with van der Waals surface area (Å²) >= 11 is 6.25. The van der Waals surface area contributed by atoms with Crippen molar-refractivity contribution in [1.29, 1.82) is 0 Å². The molecule has 2 heterocycles. The zero-order valence-corrected chi connectivity index (χ0v) is 19.3. The van der Waals surface area contributed by atoms with Crippen LogP contribution in [0.3, 0.4) is 0 Å². The largest absolute Gasteiger partial charge is 0.350 e. The zero-order valence-electron chi connectivity index (χ0n) is 18.5. The van der Waals surface area contributed by atoms with Crippen molar-refractivity contribution in [2.24, 2.45) is 0 Å². The van der Waals surface area contributed by atoms with Gasteiger partial charge in [-0.2, -0.15) is 0 Å². The first-order chi connectivity index (χ1) is 16.4. The summed E-state index contributed by atoms with van der Waals surface area (Å²) in [5.41, 5.74) is 4.87. The lowest BCUT2D eigenvalue weighted by atomic mass is 9.99. The highest BCUT2D eigenvalue weighted by Crippen LogP contribution is 2.30. The summed E-state index contributed by atoms with van der Waals surface area (Å²) in [6.07, 6.45) is 0.813. The number of nitrogens with zero attached hydrogens (tertiary/aromatic N) is 2. The normalized spacial score (nSPS) is 15.6. The van der Waals surface area contributed by atoms with Crippen LogP contribution in [0.1, 0.15) is 27.0 Å². The molecule has 2 aliphatic rings. The van der Waals surface area contributed by atoms with E-state index in [0.717, 1.165) is 22.4 Å². The molecule has 0 radical (unpaired) electrons. The number of imide groups is 1. The zero-order chi connectivity index (χ0) is 23.8. The van der Waals surface area contributed by atoms with E-state index in [4.69, 9.17) is 11.6 Å². The Hall–Kier alpha value is -3.90. The van der Waals surface area contributed by atoms with E-state index in [-0.39, 0.29) is 16.6 Å². The van der Waals surface area contributed by atoms with Crippen LogP contribution in [0.5, 0.6) is 0 Å². The van der Waals surface area contributed by atoms with Crippen LogP contribution < -0.4 is 10.2 Å². The summed E-state index contributed by atoms with van der Waals surface area (Å²) in [5.74, 6) is -1.21. The fourth-order valence-corrected chi connectivity index (χ4v) is 4.48. The number of benzene rings is 3. The standard InChI is InChI=1S/C27H22ClN3O3/c1-17-9-11-22(12-10-17)31-26(33)23(28)24(27(31)34)29-21-8-4-7-19(15-21)25(32)30-14-13-18-5-2-3-6-20(18)16-30/h2-12,15,29H,13-14,16H2,1H3. The molecular weight excluding hydrogens is 450 g/mol. The number of hydrogen-bond acceptors (Lipinski definition) is 4. The minimum Gasteiger partial charge on any atom is -0.350 e. The van der Waals surface area contributed by atoms with Gasteiger partial charge in [-0.15, -0.1) is 0 Å². The molecule has 0 fully saturated rings. The number of hydrogen-bond donors (Lipinski definition) is 1. The predicted molar refractivity (Wildman–Crippen MR) is 132 cm³/mol. The monoisotopic (exact) mass is 471 g/mol. The highest BCUT2D eigenvalue weighted by molar-refractivity contribution is 6.53. The second-order valence-corrected chi connectivity index (χ2v) is 8.80. The van der Waals surface area contributed by atoms with Crippen molar-refractivity contribution in [2.75, 3.05) is 16.8 Å². The molecule has 0 bridgehead atoms. The molecule has 6 nitrogen and oxygen atoms in total. The number of rotatable bonds is 4. The van der Waals surface area contributed by atoms with E-state index in [1.165, 1.54) is 5.56 Å². The van der Waals surface area contributed by atoms with Crippen LogP contribution in [0.15, 0.2) is 83.5 Å². The average Bonchev–Trinajstić information content (AvgIpc) is 3.07. The van der Waals surface area contributed by atoms with E-state index < -0.39 is 11.8 Å². The summed E-state index contributed by atoms with van der Waals surface area (Å²) in [7, 11) is 0. The summed E-state index contributed by atoms with van der Waals surface area (Å²) in [4.78, 5) is 41.8. The van der Waals surface area contributed by atoms with Crippen molar-refractivity contribution in [2.45, 2.75) is 19.9 Å². The van der Waals surface area contributed by atoms with Gasteiger partial charge in [0.05, 0.1) is 5.69 Å². The number of carbonyl (C=O) groups excluding carboxylic acids is 3. The van der Waals surface area contributed by atoms with E-state index in [1.807, 2.05) is 42.2 Å². The molecule has 3 aromatic carbocycles. The molecule has 3 amide bonds. The molecule has 0 saturated heterocycles. The Morgan fingerprint density at radius 2 is 1.65 bits per heavy atom. The maximum atomic E-state index is 13.2. The number of aryl methyl sites for hydroxylation is 1. The van der Waals surface area contributed by atoms with Gasteiger partial charge in [0.15, 0.2) is 0 Å². The van der Waals surface area contributed by atoms with Crippen molar-refractivity contribution in [3.63, 3.8) is 0 Å². The van der Waals surface area contributed by atoms with E-state index in [9.17, 15) is 14.4 Å². The minimum absolute atomic E-state index is 0.0104. The highest BCUT2D eigenvalue weighted by Gasteiger charge is 2.39. The van der Waals surface area contributed by atoms with Crippen molar-refractivity contribution in [3.05, 3.63) is 106 Å². The molecule has 170 valence electrons. The highest BCUT2D eigenvalue weighted by atomic mass is 35.5. The van der Waals surface area contributed by atoms with Crippen LogP contribution in [0.4, 0.5) is 11.4 Å². The molecular formula is C27H22ClN3O3. The Morgan fingerprint density at radius 3 is 2.41 bits per heavy atom. The summed E-state index contributed by atoms with van der Waals surface area (Å²) in [6, 6.07) is 22.1. The Labute approximate surface area is 202 Å². The van der Waals surface area contributed by atoms with Crippen molar-refractivity contribution >= 4 is 40.7 Å². The maximum absolute atomic E-state index is 13.2. The second kappa shape index (κ2) is 8.80. The van der Waals surface area contributed by atoms with E-state index in [0.29, 0.717) is 30.0 Å². The number of fused-ring (bicyclic) bond motifs is 1. The van der Waals surface area contributed by atoms with Crippen LogP contribution in [0.2, 0.25) is 0 Å². The quantitative estimate of drug-likeness (QED) is 0.563. The van der Waals surface area contributed by atoms with Gasteiger partial charge in [0.25, 0.3) is 17.7 Å². The van der Waals surface area contributed by atoms with Gasteiger partial charge in [0, 0.05) is 24.3 Å². The Balaban J connectivity index is 1.35. The van der Waals surface area contributed by atoms with Gasteiger partial charge >= 0.3 is 0 Å². The number of amides is 3. The van der Waals surface area contributed by atoms with E-state index in [2.05, 4.69) is 11.4 Å². The van der Waals surface area contributed by atoms with Crippen molar-refractivity contribution in [3.8, 4) is 0 Å². The van der Waals surface area contributed by atoms with Crippen LogP contribution >= 0.6 is 11.6 Å². The Kier molecular flexibility index (Phi) is 5.67. The van der Waals surface area contributed by atoms with Crippen LogP contribution in [0.25, 0.3) is 0 Å². The van der Waals surface area contributed by atoms with Gasteiger partial charge in [-0.3, -0.25) is 14.4 Å². The van der Waals surface area contributed by atoms with Crippen molar-refractivity contribution in [1.82, 2.24) is 4.90 Å². The third-order valence-electron chi connectivity index (χ3n) is 6.12. The van der Waals surface area contributed by atoms with Gasteiger partial charge in [-0.25, -0.2) is 4.90 Å². The smallest absolute Gasteiger partial charge is 0.283 e. The molecule has 2 aliphatic heterocycles. The fraction of sp³-hybridized carbons (Fsp3) is 0.148. The summed E-state index contributed by atoms with van der Waals surface area (Å²) < 4.78 is 0. The molecule has 1 N–H and O–H groups in total. The lowest BCUT2D eigenvalue weighted by Crippen LogP contribution is -2.36. The van der Waals surface area contributed by atoms with Gasteiger partial charge in [-0.05, 0) is 54.8 Å². The lowest BCUT2D eigenvalue weighted by Gasteiger charge is -2.29. The first kappa shape index (κ1) is 21.9. The first-order valence-electron chi connectivity index (χ1n) is 11.0. The Bertz CT molecular complexity index is 1350. The number of anilines is 2. The molecule has 3 aromatic rings.